The number of hydrogen-bond acceptors (Lipinski definition) is 7. The summed E-state index contributed by atoms with van der Waals surface area (Å²) in [5.41, 5.74) is 1.05. The van der Waals surface area contributed by atoms with Crippen LogP contribution in [-0.2, 0) is 14.3 Å². The maximum atomic E-state index is 15.5. The van der Waals surface area contributed by atoms with Gasteiger partial charge in [0.1, 0.15) is 11.9 Å². The Morgan fingerprint density at radius 2 is 2.06 bits per heavy atom. The SMILES string of the molecule is CCOC(=O)[C@H](Nc1ccc(C#N)cc1)c1cc(OCC)cc(O[C@H]2CCOC2)c1F. The molecule has 2 aromatic carbocycles. The summed E-state index contributed by atoms with van der Waals surface area (Å²) >= 11 is 0. The zero-order valence-electron chi connectivity index (χ0n) is 17.5. The third kappa shape index (κ3) is 5.64. The summed E-state index contributed by atoms with van der Waals surface area (Å²) in [6.07, 6.45) is 0.380. The summed E-state index contributed by atoms with van der Waals surface area (Å²) in [5.74, 6) is -0.944. The fourth-order valence-corrected chi connectivity index (χ4v) is 3.22. The molecule has 1 saturated heterocycles. The first-order chi connectivity index (χ1) is 15.0. The number of esters is 1. The van der Waals surface area contributed by atoms with Gasteiger partial charge in [0.2, 0.25) is 0 Å². The number of benzene rings is 2. The van der Waals surface area contributed by atoms with Gasteiger partial charge in [-0.1, -0.05) is 0 Å². The summed E-state index contributed by atoms with van der Waals surface area (Å²) in [5, 5.41) is 12.0. The number of anilines is 1. The molecule has 1 N–H and O–H groups in total. The van der Waals surface area contributed by atoms with E-state index >= 15 is 4.39 Å². The van der Waals surface area contributed by atoms with Crippen molar-refractivity contribution in [2.24, 2.45) is 0 Å². The first-order valence-electron chi connectivity index (χ1n) is 10.2. The number of halogens is 1. The third-order valence-electron chi connectivity index (χ3n) is 4.69. The summed E-state index contributed by atoms with van der Waals surface area (Å²) in [4.78, 5) is 12.7. The number of nitrogens with zero attached hydrogens (tertiary/aromatic N) is 1. The smallest absolute Gasteiger partial charge is 0.333 e. The Balaban J connectivity index is 1.99. The predicted molar refractivity (Wildman–Crippen MR) is 112 cm³/mol. The molecule has 1 heterocycles. The van der Waals surface area contributed by atoms with Gasteiger partial charge < -0.3 is 24.3 Å². The van der Waals surface area contributed by atoms with Crippen molar-refractivity contribution in [2.75, 3.05) is 31.7 Å². The van der Waals surface area contributed by atoms with Crippen LogP contribution in [0.15, 0.2) is 36.4 Å². The van der Waals surface area contributed by atoms with Crippen molar-refractivity contribution in [3.05, 3.63) is 53.3 Å². The summed E-state index contributed by atoms with van der Waals surface area (Å²) in [6.45, 7) is 4.92. The van der Waals surface area contributed by atoms with Crippen molar-refractivity contribution in [3.63, 3.8) is 0 Å². The number of carbonyl (C=O) groups excluding carboxylic acids is 1. The molecular weight excluding hydrogens is 403 g/mol. The molecular formula is C23H25FN2O5. The van der Waals surface area contributed by atoms with Gasteiger partial charge in [0.15, 0.2) is 17.6 Å². The van der Waals surface area contributed by atoms with Gasteiger partial charge in [0.05, 0.1) is 38.1 Å². The van der Waals surface area contributed by atoms with Crippen molar-refractivity contribution in [1.82, 2.24) is 0 Å². The van der Waals surface area contributed by atoms with E-state index in [-0.39, 0.29) is 24.0 Å². The molecule has 3 rings (SSSR count). The zero-order valence-corrected chi connectivity index (χ0v) is 17.5. The van der Waals surface area contributed by atoms with E-state index in [1.807, 2.05) is 13.0 Å². The molecule has 0 spiro atoms. The van der Waals surface area contributed by atoms with Gasteiger partial charge in [-0.15, -0.1) is 0 Å². The second-order valence-electron chi connectivity index (χ2n) is 6.88. The quantitative estimate of drug-likeness (QED) is 0.604. The third-order valence-corrected chi connectivity index (χ3v) is 4.69. The fraction of sp³-hybridized carbons (Fsp3) is 0.391. The lowest BCUT2D eigenvalue weighted by Gasteiger charge is -2.22. The maximum absolute atomic E-state index is 15.5. The predicted octanol–water partition coefficient (Wildman–Crippen LogP) is 3.98. The van der Waals surface area contributed by atoms with Crippen LogP contribution < -0.4 is 14.8 Å². The minimum absolute atomic E-state index is 0.00706. The highest BCUT2D eigenvalue weighted by atomic mass is 19.1. The Morgan fingerprint density at radius 3 is 2.68 bits per heavy atom. The van der Waals surface area contributed by atoms with Crippen LogP contribution in [-0.4, -0.2) is 38.5 Å². The fourth-order valence-electron chi connectivity index (χ4n) is 3.22. The van der Waals surface area contributed by atoms with Crippen molar-refractivity contribution in [3.8, 4) is 17.6 Å². The Kier molecular flexibility index (Phi) is 7.68. The van der Waals surface area contributed by atoms with Gasteiger partial charge >= 0.3 is 5.97 Å². The van der Waals surface area contributed by atoms with Gasteiger partial charge in [0.25, 0.3) is 0 Å². The van der Waals surface area contributed by atoms with Gasteiger partial charge in [0, 0.05) is 23.7 Å². The van der Waals surface area contributed by atoms with Crippen LogP contribution in [0.2, 0.25) is 0 Å². The molecule has 0 amide bonds. The van der Waals surface area contributed by atoms with E-state index in [0.717, 1.165) is 0 Å². The van der Waals surface area contributed by atoms with E-state index in [0.29, 0.717) is 43.2 Å². The molecule has 2 aromatic rings. The number of nitrogens with one attached hydrogen (secondary N) is 1. The summed E-state index contributed by atoms with van der Waals surface area (Å²) in [6, 6.07) is 10.3. The van der Waals surface area contributed by atoms with Gasteiger partial charge in [-0.2, -0.15) is 5.26 Å². The van der Waals surface area contributed by atoms with Crippen molar-refractivity contribution in [1.29, 1.82) is 5.26 Å². The Morgan fingerprint density at radius 1 is 1.29 bits per heavy atom. The topological polar surface area (TPSA) is 89.8 Å². The molecule has 0 bridgehead atoms. The van der Waals surface area contributed by atoms with E-state index in [1.165, 1.54) is 12.1 Å². The molecule has 1 aliphatic rings. The minimum atomic E-state index is -1.14. The van der Waals surface area contributed by atoms with Crippen LogP contribution >= 0.6 is 0 Å². The lowest BCUT2D eigenvalue weighted by molar-refractivity contribution is -0.144. The molecule has 0 radical (unpaired) electrons. The second-order valence-corrected chi connectivity index (χ2v) is 6.88. The molecule has 31 heavy (non-hydrogen) atoms. The van der Waals surface area contributed by atoms with E-state index in [9.17, 15) is 4.79 Å². The van der Waals surface area contributed by atoms with E-state index < -0.39 is 17.8 Å². The maximum Gasteiger partial charge on any atom is 0.333 e. The lowest BCUT2D eigenvalue weighted by atomic mass is 10.0. The molecule has 164 valence electrons. The van der Waals surface area contributed by atoms with Crippen LogP contribution in [0.5, 0.6) is 11.5 Å². The molecule has 0 saturated carbocycles. The average Bonchev–Trinajstić information content (AvgIpc) is 3.28. The number of carbonyl (C=O) groups is 1. The monoisotopic (exact) mass is 428 g/mol. The first kappa shape index (κ1) is 22.4. The van der Waals surface area contributed by atoms with Crippen molar-refractivity contribution in [2.45, 2.75) is 32.4 Å². The van der Waals surface area contributed by atoms with E-state index in [2.05, 4.69) is 5.32 Å². The molecule has 7 nitrogen and oxygen atoms in total. The van der Waals surface area contributed by atoms with Crippen LogP contribution in [0.25, 0.3) is 0 Å². The molecule has 0 unspecified atom stereocenters. The Hall–Kier alpha value is -3.31. The van der Waals surface area contributed by atoms with Crippen LogP contribution in [0.4, 0.5) is 10.1 Å². The largest absolute Gasteiger partial charge is 0.494 e. The molecule has 0 aliphatic carbocycles. The van der Waals surface area contributed by atoms with Crippen LogP contribution in [0, 0.1) is 17.1 Å². The van der Waals surface area contributed by atoms with Gasteiger partial charge in [-0.25, -0.2) is 9.18 Å². The Labute approximate surface area is 180 Å². The number of ether oxygens (including phenoxy) is 4. The molecule has 0 aromatic heterocycles. The van der Waals surface area contributed by atoms with E-state index in [4.69, 9.17) is 24.2 Å². The standard InChI is InChI=1S/C23H25FN2O5/c1-3-29-18-11-19(21(24)20(12-18)31-17-9-10-28-14-17)22(23(27)30-4-2)26-16-7-5-15(13-25)6-8-16/h5-8,11-12,17,22,26H,3-4,9-10,14H2,1-2H3/t17-,22+/m0/s1. The molecule has 2 atom stereocenters. The zero-order chi connectivity index (χ0) is 22.2. The van der Waals surface area contributed by atoms with Crippen molar-refractivity contribution >= 4 is 11.7 Å². The highest BCUT2D eigenvalue weighted by Gasteiger charge is 2.29. The van der Waals surface area contributed by atoms with Gasteiger partial charge in [-0.05, 0) is 44.2 Å². The van der Waals surface area contributed by atoms with Crippen LogP contribution in [0.3, 0.4) is 0 Å². The molecule has 8 heteroatoms. The average molecular weight is 428 g/mol. The highest BCUT2D eigenvalue weighted by Crippen LogP contribution is 2.34. The minimum Gasteiger partial charge on any atom is -0.494 e. The van der Waals surface area contributed by atoms with Gasteiger partial charge in [-0.3, -0.25) is 0 Å². The second kappa shape index (κ2) is 10.6. The van der Waals surface area contributed by atoms with Crippen LogP contribution in [0.1, 0.15) is 37.4 Å². The number of hydrogen-bond donors (Lipinski definition) is 1. The number of rotatable bonds is 9. The normalized spacial score (nSPS) is 16.3. The summed E-state index contributed by atoms with van der Waals surface area (Å²) in [7, 11) is 0. The molecule has 1 aliphatic heterocycles. The summed E-state index contributed by atoms with van der Waals surface area (Å²) < 4.78 is 37.4. The lowest BCUT2D eigenvalue weighted by Crippen LogP contribution is -2.25. The van der Waals surface area contributed by atoms with Crippen molar-refractivity contribution < 1.29 is 28.1 Å². The molecule has 1 fully saturated rings. The van der Waals surface area contributed by atoms with E-state index in [1.54, 1.807) is 31.2 Å². The number of nitriles is 1. The highest BCUT2D eigenvalue weighted by molar-refractivity contribution is 5.81. The Bertz CT molecular complexity index is 936. The first-order valence-corrected chi connectivity index (χ1v) is 10.2.